The van der Waals surface area contributed by atoms with E-state index in [2.05, 4.69) is 42.2 Å². The highest BCUT2D eigenvalue weighted by molar-refractivity contribution is 7.77. The van der Waals surface area contributed by atoms with Crippen LogP contribution in [0.1, 0.15) is 50.0 Å². The van der Waals surface area contributed by atoms with Crippen molar-refractivity contribution in [3.05, 3.63) is 53.1 Å². The summed E-state index contributed by atoms with van der Waals surface area (Å²) in [5.41, 5.74) is 2.45. The number of hydrogen-bond donors (Lipinski definition) is 2. The first-order chi connectivity index (χ1) is 14.7. The number of benzene rings is 1. The molecule has 0 aliphatic carbocycles. The van der Waals surface area contributed by atoms with Gasteiger partial charge in [0.15, 0.2) is 0 Å². The average Bonchev–Trinajstić information content (AvgIpc) is 3.28. The number of aromatic nitrogens is 3. The maximum absolute atomic E-state index is 11.8. The van der Waals surface area contributed by atoms with Gasteiger partial charge in [-0.25, -0.2) is 23.7 Å². The van der Waals surface area contributed by atoms with Gasteiger partial charge in [0.05, 0.1) is 5.01 Å². The minimum atomic E-state index is -2.50. The Morgan fingerprint density at radius 1 is 1.26 bits per heavy atom. The second-order valence-corrected chi connectivity index (χ2v) is 9.60. The molecule has 3 aromatic rings. The summed E-state index contributed by atoms with van der Waals surface area (Å²) < 4.78 is 28.9. The molecule has 1 amide bonds. The molecule has 31 heavy (non-hydrogen) atoms. The molecule has 1 unspecified atom stereocenters. The highest BCUT2D eigenvalue weighted by Gasteiger charge is 2.19. The standard InChI is InChI=1S/C21H26N4O4S2/c1-13(2)11-17-23-18(20(30-17)29-21(26)24-31(27)28)16-7-5-15(6-8-16)12-25-10-9-22-19(25)14(3)4/h5-10,13-14H,11-12H2,1-4H3,(H,24,26)(H,27,28). The molecule has 1 aromatic carbocycles. The van der Waals surface area contributed by atoms with E-state index in [1.165, 1.54) is 11.3 Å². The van der Waals surface area contributed by atoms with Crippen LogP contribution in [0.3, 0.4) is 0 Å². The largest absolute Gasteiger partial charge is 0.427 e. The number of nitrogens with zero attached hydrogens (tertiary/aromatic N) is 3. The summed E-state index contributed by atoms with van der Waals surface area (Å²) in [6.07, 6.45) is 3.52. The van der Waals surface area contributed by atoms with Crippen LogP contribution in [0.2, 0.25) is 0 Å². The molecule has 0 aliphatic heterocycles. The Labute approximate surface area is 188 Å². The SMILES string of the molecule is CC(C)Cc1nc(-c2ccc(Cn3ccnc3C(C)C)cc2)c(OC(=O)NS(=O)O)s1. The van der Waals surface area contributed by atoms with Crippen molar-refractivity contribution in [3.63, 3.8) is 0 Å². The van der Waals surface area contributed by atoms with E-state index in [0.717, 1.165) is 28.4 Å². The lowest BCUT2D eigenvalue weighted by Gasteiger charge is -2.11. The van der Waals surface area contributed by atoms with Gasteiger partial charge in [-0.05, 0) is 11.5 Å². The molecule has 0 bridgehead atoms. The van der Waals surface area contributed by atoms with Gasteiger partial charge < -0.3 is 9.30 Å². The lowest BCUT2D eigenvalue weighted by Crippen LogP contribution is -2.28. The smallest absolute Gasteiger partial charge is 0.396 e. The number of rotatable bonds is 8. The summed E-state index contributed by atoms with van der Waals surface area (Å²) in [7, 11) is 0. The molecule has 2 aromatic heterocycles. The molecule has 0 spiro atoms. The topological polar surface area (TPSA) is 106 Å². The Kier molecular flexibility index (Phi) is 7.58. The highest BCUT2D eigenvalue weighted by atomic mass is 32.2. The maximum atomic E-state index is 11.8. The van der Waals surface area contributed by atoms with E-state index in [1.54, 1.807) is 4.72 Å². The van der Waals surface area contributed by atoms with Crippen LogP contribution in [0.15, 0.2) is 36.7 Å². The van der Waals surface area contributed by atoms with Crippen molar-refractivity contribution in [2.45, 2.75) is 46.6 Å². The second-order valence-electron chi connectivity index (χ2n) is 7.85. The average molecular weight is 463 g/mol. The molecule has 1 atom stereocenters. The normalized spacial score (nSPS) is 12.4. The van der Waals surface area contributed by atoms with Gasteiger partial charge >= 0.3 is 6.09 Å². The van der Waals surface area contributed by atoms with Crippen LogP contribution in [-0.4, -0.2) is 29.4 Å². The third-order valence-corrected chi connectivity index (χ3v) is 5.72. The van der Waals surface area contributed by atoms with Crippen LogP contribution in [0.25, 0.3) is 11.3 Å². The van der Waals surface area contributed by atoms with E-state index in [1.807, 2.05) is 36.7 Å². The van der Waals surface area contributed by atoms with E-state index in [0.29, 0.717) is 29.1 Å². The number of thiazole rings is 1. The molecule has 3 rings (SSSR count). The number of nitrogens with one attached hydrogen (secondary N) is 1. The van der Waals surface area contributed by atoms with Gasteiger partial charge in [-0.2, -0.15) is 0 Å². The number of carbonyl (C=O) groups excluding carboxylic acids is 1. The van der Waals surface area contributed by atoms with Gasteiger partial charge in [0.1, 0.15) is 11.5 Å². The second kappa shape index (κ2) is 10.2. The van der Waals surface area contributed by atoms with Crippen LogP contribution < -0.4 is 9.46 Å². The van der Waals surface area contributed by atoms with Crippen LogP contribution in [0, 0.1) is 5.92 Å². The maximum Gasteiger partial charge on any atom is 0.427 e. The van der Waals surface area contributed by atoms with Crippen molar-refractivity contribution >= 4 is 28.7 Å². The van der Waals surface area contributed by atoms with Gasteiger partial charge in [0.2, 0.25) is 5.06 Å². The van der Waals surface area contributed by atoms with E-state index in [4.69, 9.17) is 9.29 Å². The molecule has 166 valence electrons. The Morgan fingerprint density at radius 3 is 2.58 bits per heavy atom. The fourth-order valence-electron chi connectivity index (χ4n) is 3.13. The molecule has 2 heterocycles. The van der Waals surface area contributed by atoms with Crippen LogP contribution >= 0.6 is 11.3 Å². The van der Waals surface area contributed by atoms with Gasteiger partial charge in [0.25, 0.3) is 11.3 Å². The lowest BCUT2D eigenvalue weighted by molar-refractivity contribution is 0.208. The van der Waals surface area contributed by atoms with E-state index < -0.39 is 17.4 Å². The fraction of sp³-hybridized carbons (Fsp3) is 0.381. The minimum Gasteiger partial charge on any atom is -0.396 e. The van der Waals surface area contributed by atoms with Gasteiger partial charge in [-0.1, -0.05) is 63.3 Å². The Balaban J connectivity index is 1.84. The van der Waals surface area contributed by atoms with Crippen molar-refractivity contribution in [2.75, 3.05) is 0 Å². The fourth-order valence-corrected chi connectivity index (χ4v) is 4.46. The summed E-state index contributed by atoms with van der Waals surface area (Å²) in [4.78, 5) is 20.9. The summed E-state index contributed by atoms with van der Waals surface area (Å²) in [5, 5.41) is 1.13. The Hall–Kier alpha value is -2.56. The number of imidazole rings is 1. The molecular formula is C21H26N4O4S2. The third-order valence-electron chi connectivity index (χ3n) is 4.42. The highest BCUT2D eigenvalue weighted by Crippen LogP contribution is 2.36. The minimum absolute atomic E-state index is 0.294. The monoisotopic (exact) mass is 462 g/mol. The quantitative estimate of drug-likeness (QED) is 0.474. The zero-order valence-electron chi connectivity index (χ0n) is 17.9. The predicted octanol–water partition coefficient (Wildman–Crippen LogP) is 4.60. The van der Waals surface area contributed by atoms with Crippen molar-refractivity contribution in [1.29, 1.82) is 0 Å². The van der Waals surface area contributed by atoms with E-state index in [-0.39, 0.29) is 0 Å². The van der Waals surface area contributed by atoms with Gasteiger partial charge in [-0.3, -0.25) is 4.55 Å². The first-order valence-electron chi connectivity index (χ1n) is 9.92. The van der Waals surface area contributed by atoms with Crippen molar-refractivity contribution in [3.8, 4) is 16.3 Å². The predicted molar refractivity (Wildman–Crippen MR) is 121 cm³/mol. The van der Waals surface area contributed by atoms with Crippen LogP contribution in [-0.2, 0) is 24.2 Å². The van der Waals surface area contributed by atoms with Crippen LogP contribution in [0.5, 0.6) is 5.06 Å². The molecule has 0 aliphatic rings. The Bertz CT molecular complexity index is 1060. The molecular weight excluding hydrogens is 436 g/mol. The molecule has 0 saturated heterocycles. The number of amides is 1. The number of ether oxygens (including phenoxy) is 1. The Morgan fingerprint density at radius 2 is 1.97 bits per heavy atom. The van der Waals surface area contributed by atoms with Crippen molar-refractivity contribution < 1.29 is 18.3 Å². The first-order valence-corrected chi connectivity index (χ1v) is 11.8. The summed E-state index contributed by atoms with van der Waals surface area (Å²) in [6.45, 7) is 9.10. The summed E-state index contributed by atoms with van der Waals surface area (Å²) in [5.74, 6) is 1.76. The zero-order valence-corrected chi connectivity index (χ0v) is 19.5. The molecule has 0 radical (unpaired) electrons. The summed E-state index contributed by atoms with van der Waals surface area (Å²) in [6, 6.07) is 7.88. The van der Waals surface area contributed by atoms with Gasteiger partial charge in [-0.15, -0.1) is 0 Å². The summed E-state index contributed by atoms with van der Waals surface area (Å²) >= 11 is -1.23. The van der Waals surface area contributed by atoms with Crippen molar-refractivity contribution in [1.82, 2.24) is 19.3 Å². The molecule has 0 saturated carbocycles. The number of carbonyl (C=O) groups is 1. The van der Waals surface area contributed by atoms with E-state index in [9.17, 15) is 9.00 Å². The van der Waals surface area contributed by atoms with Crippen molar-refractivity contribution in [2.24, 2.45) is 5.92 Å². The molecule has 0 fully saturated rings. The third kappa shape index (κ3) is 6.22. The lowest BCUT2D eigenvalue weighted by atomic mass is 10.1. The zero-order chi connectivity index (χ0) is 22.5. The number of hydrogen-bond acceptors (Lipinski definition) is 6. The molecule has 2 N–H and O–H groups in total. The van der Waals surface area contributed by atoms with Gasteiger partial charge in [0, 0.05) is 36.8 Å². The van der Waals surface area contributed by atoms with Crippen LogP contribution in [0.4, 0.5) is 4.79 Å². The molecule has 8 nitrogen and oxygen atoms in total. The first kappa shape index (κ1) is 23.1. The molecule has 10 heteroatoms. The van der Waals surface area contributed by atoms with E-state index >= 15 is 0 Å².